The van der Waals surface area contributed by atoms with Crippen LogP contribution in [0.5, 0.6) is 5.75 Å². The second-order valence-corrected chi connectivity index (χ2v) is 9.97. The molecular formula is C31H26ClN3O4S. The van der Waals surface area contributed by atoms with Crippen molar-refractivity contribution in [2.75, 3.05) is 23.5 Å². The molecule has 0 atom stereocenters. The number of hydrogen-bond donors (Lipinski definition) is 3. The number of benzene rings is 4. The van der Waals surface area contributed by atoms with Crippen molar-refractivity contribution in [2.45, 2.75) is 4.90 Å². The summed E-state index contributed by atoms with van der Waals surface area (Å²) in [5, 5.41) is 8.90. The number of halogens is 1. The maximum atomic E-state index is 13.2. The van der Waals surface area contributed by atoms with Crippen molar-refractivity contribution in [1.29, 1.82) is 0 Å². The van der Waals surface area contributed by atoms with Crippen LogP contribution in [-0.2, 0) is 9.59 Å². The monoisotopic (exact) mass is 571 g/mol. The molecule has 0 radical (unpaired) electrons. The maximum absolute atomic E-state index is 13.2. The lowest BCUT2D eigenvalue weighted by Crippen LogP contribution is -2.30. The van der Waals surface area contributed by atoms with E-state index < -0.39 is 11.8 Å². The molecule has 40 heavy (non-hydrogen) atoms. The molecular weight excluding hydrogens is 546 g/mol. The number of carbonyl (C=O) groups is 3. The standard InChI is InChI=1S/C31H26ClN3O4S/c1-39-26-12-5-7-21(17-26)18-28(35-30(37)22-8-3-2-4-9-22)31(38)34-24-13-15-27(16-14-24)40-20-29(36)33-25-11-6-10-23(32)19-25/h2-19H,20H2,1H3,(H,33,36)(H,34,38)(H,35,37)/b28-18-. The smallest absolute Gasteiger partial charge is 0.272 e. The molecule has 0 aliphatic heterocycles. The Morgan fingerprint density at radius 1 is 0.825 bits per heavy atom. The molecule has 0 aromatic heterocycles. The van der Waals surface area contributed by atoms with Gasteiger partial charge in [0.2, 0.25) is 5.91 Å². The van der Waals surface area contributed by atoms with Crippen molar-refractivity contribution in [1.82, 2.24) is 5.32 Å². The molecule has 3 amide bonds. The highest BCUT2D eigenvalue weighted by molar-refractivity contribution is 8.00. The summed E-state index contributed by atoms with van der Waals surface area (Å²) in [5.41, 5.74) is 2.34. The van der Waals surface area contributed by atoms with E-state index in [-0.39, 0.29) is 17.4 Å². The Labute approximate surface area is 241 Å². The second kappa shape index (κ2) is 14.0. The molecule has 0 fully saturated rings. The average molecular weight is 572 g/mol. The van der Waals surface area contributed by atoms with Crippen molar-refractivity contribution in [3.63, 3.8) is 0 Å². The van der Waals surface area contributed by atoms with Gasteiger partial charge in [0.15, 0.2) is 0 Å². The first-order chi connectivity index (χ1) is 19.4. The molecule has 4 rings (SSSR count). The highest BCUT2D eigenvalue weighted by Crippen LogP contribution is 2.22. The predicted octanol–water partition coefficient (Wildman–Crippen LogP) is 6.49. The second-order valence-electron chi connectivity index (χ2n) is 8.48. The van der Waals surface area contributed by atoms with Crippen molar-refractivity contribution in [2.24, 2.45) is 0 Å². The third kappa shape index (κ3) is 8.49. The number of ether oxygens (including phenoxy) is 1. The normalized spacial score (nSPS) is 10.9. The van der Waals surface area contributed by atoms with E-state index in [1.807, 2.05) is 6.07 Å². The molecule has 4 aromatic rings. The Morgan fingerprint density at radius 2 is 1.57 bits per heavy atom. The van der Waals surface area contributed by atoms with Crippen LogP contribution in [0.4, 0.5) is 11.4 Å². The first-order valence-corrected chi connectivity index (χ1v) is 13.6. The van der Waals surface area contributed by atoms with Gasteiger partial charge in [0.1, 0.15) is 11.4 Å². The number of rotatable bonds is 10. The van der Waals surface area contributed by atoms with E-state index in [0.717, 1.165) is 4.90 Å². The lowest BCUT2D eigenvalue weighted by atomic mass is 10.1. The molecule has 0 aliphatic carbocycles. The Bertz CT molecular complexity index is 1530. The van der Waals surface area contributed by atoms with Crippen LogP contribution in [0.1, 0.15) is 15.9 Å². The van der Waals surface area contributed by atoms with Gasteiger partial charge in [0.25, 0.3) is 11.8 Å². The van der Waals surface area contributed by atoms with E-state index in [1.54, 1.807) is 110 Å². The minimum absolute atomic E-state index is 0.0678. The molecule has 4 aromatic carbocycles. The fraction of sp³-hybridized carbons (Fsp3) is 0.0645. The molecule has 0 bridgehead atoms. The fourth-order valence-electron chi connectivity index (χ4n) is 3.59. The first-order valence-electron chi connectivity index (χ1n) is 12.2. The SMILES string of the molecule is COc1cccc(/C=C(\NC(=O)c2ccccc2)C(=O)Nc2ccc(SCC(=O)Nc3cccc(Cl)c3)cc2)c1. The molecule has 0 unspecified atom stereocenters. The van der Waals surface area contributed by atoms with Crippen LogP contribution in [0.15, 0.2) is 114 Å². The van der Waals surface area contributed by atoms with Crippen LogP contribution in [0.25, 0.3) is 6.08 Å². The molecule has 0 aliphatic rings. The molecule has 3 N–H and O–H groups in total. The molecule has 0 spiro atoms. The fourth-order valence-corrected chi connectivity index (χ4v) is 4.47. The summed E-state index contributed by atoms with van der Waals surface area (Å²) in [6.07, 6.45) is 1.58. The van der Waals surface area contributed by atoms with E-state index in [1.165, 1.54) is 11.8 Å². The number of anilines is 2. The third-order valence-electron chi connectivity index (χ3n) is 5.52. The number of thioether (sulfide) groups is 1. The predicted molar refractivity (Wildman–Crippen MR) is 161 cm³/mol. The summed E-state index contributed by atoms with van der Waals surface area (Å²) in [6, 6.07) is 29.8. The van der Waals surface area contributed by atoms with Crippen LogP contribution in [0.2, 0.25) is 5.02 Å². The van der Waals surface area contributed by atoms with Gasteiger partial charge >= 0.3 is 0 Å². The van der Waals surface area contributed by atoms with Crippen LogP contribution in [0, 0.1) is 0 Å². The summed E-state index contributed by atoms with van der Waals surface area (Å²) < 4.78 is 5.27. The Hall–Kier alpha value is -4.53. The van der Waals surface area contributed by atoms with Gasteiger partial charge in [-0.1, -0.05) is 48.0 Å². The third-order valence-corrected chi connectivity index (χ3v) is 6.77. The van der Waals surface area contributed by atoms with E-state index >= 15 is 0 Å². The van der Waals surface area contributed by atoms with E-state index in [4.69, 9.17) is 16.3 Å². The van der Waals surface area contributed by atoms with Gasteiger partial charge in [-0.05, 0) is 78.4 Å². The van der Waals surface area contributed by atoms with E-state index in [2.05, 4.69) is 16.0 Å². The van der Waals surface area contributed by atoms with Crippen molar-refractivity contribution in [3.8, 4) is 5.75 Å². The van der Waals surface area contributed by atoms with Gasteiger partial charge in [-0.15, -0.1) is 11.8 Å². The zero-order valence-corrected chi connectivity index (χ0v) is 23.1. The maximum Gasteiger partial charge on any atom is 0.272 e. The van der Waals surface area contributed by atoms with Crippen LogP contribution in [-0.4, -0.2) is 30.6 Å². The van der Waals surface area contributed by atoms with Crippen molar-refractivity contribution >= 4 is 58.5 Å². The number of methoxy groups -OCH3 is 1. The topological polar surface area (TPSA) is 96.5 Å². The quantitative estimate of drug-likeness (QED) is 0.149. The van der Waals surface area contributed by atoms with Gasteiger partial charge < -0.3 is 20.7 Å². The molecule has 0 saturated carbocycles. The lowest BCUT2D eigenvalue weighted by molar-refractivity contribution is -0.114. The van der Waals surface area contributed by atoms with Crippen molar-refractivity contribution in [3.05, 3.63) is 125 Å². The largest absolute Gasteiger partial charge is 0.497 e. The number of amides is 3. The summed E-state index contributed by atoms with van der Waals surface area (Å²) in [4.78, 5) is 39.2. The van der Waals surface area contributed by atoms with E-state index in [0.29, 0.717) is 33.3 Å². The van der Waals surface area contributed by atoms with Crippen LogP contribution < -0.4 is 20.7 Å². The summed E-state index contributed by atoms with van der Waals surface area (Å²) >= 11 is 7.32. The van der Waals surface area contributed by atoms with Crippen molar-refractivity contribution < 1.29 is 19.1 Å². The van der Waals surface area contributed by atoms with Crippen LogP contribution in [0.3, 0.4) is 0 Å². The number of nitrogens with one attached hydrogen (secondary N) is 3. The molecule has 202 valence electrons. The van der Waals surface area contributed by atoms with Gasteiger partial charge in [-0.25, -0.2) is 0 Å². The average Bonchev–Trinajstić information content (AvgIpc) is 2.97. The zero-order chi connectivity index (χ0) is 28.3. The molecule has 0 heterocycles. The summed E-state index contributed by atoms with van der Waals surface area (Å²) in [7, 11) is 1.56. The lowest BCUT2D eigenvalue weighted by Gasteiger charge is -2.12. The highest BCUT2D eigenvalue weighted by atomic mass is 35.5. The van der Waals surface area contributed by atoms with Gasteiger partial charge in [0.05, 0.1) is 12.9 Å². The zero-order valence-electron chi connectivity index (χ0n) is 21.5. The minimum Gasteiger partial charge on any atom is -0.497 e. The Kier molecular flexibility index (Phi) is 9.99. The summed E-state index contributed by atoms with van der Waals surface area (Å²) in [6.45, 7) is 0. The Balaban J connectivity index is 1.42. The van der Waals surface area contributed by atoms with Crippen LogP contribution >= 0.6 is 23.4 Å². The Morgan fingerprint density at radius 3 is 2.30 bits per heavy atom. The van der Waals surface area contributed by atoms with Gasteiger partial charge in [-0.3, -0.25) is 14.4 Å². The molecule has 7 nitrogen and oxygen atoms in total. The summed E-state index contributed by atoms with van der Waals surface area (Å²) in [5.74, 6) is -0.235. The molecule has 9 heteroatoms. The van der Waals surface area contributed by atoms with E-state index in [9.17, 15) is 14.4 Å². The van der Waals surface area contributed by atoms with Gasteiger partial charge in [0, 0.05) is 26.9 Å². The minimum atomic E-state index is -0.492. The highest BCUT2D eigenvalue weighted by Gasteiger charge is 2.15. The number of hydrogen-bond acceptors (Lipinski definition) is 5. The number of carbonyl (C=O) groups excluding carboxylic acids is 3. The first kappa shape index (κ1) is 28.5. The molecule has 0 saturated heterocycles. The van der Waals surface area contributed by atoms with Gasteiger partial charge in [-0.2, -0.15) is 0 Å².